The van der Waals surface area contributed by atoms with E-state index in [1.165, 1.54) is 5.56 Å². The molecule has 0 atom stereocenters. The average Bonchev–Trinajstić information content (AvgIpc) is 2.69. The first kappa shape index (κ1) is 9.81. The summed E-state index contributed by atoms with van der Waals surface area (Å²) in [6, 6.07) is 5.91. The van der Waals surface area contributed by atoms with Crippen LogP contribution in [0.5, 0.6) is 0 Å². The van der Waals surface area contributed by atoms with Crippen molar-refractivity contribution in [2.24, 2.45) is 0 Å². The van der Waals surface area contributed by atoms with E-state index < -0.39 is 0 Å². The number of fused-ring (bicyclic) bond motifs is 1. The Morgan fingerprint density at radius 3 is 2.75 bits per heavy atom. The summed E-state index contributed by atoms with van der Waals surface area (Å²) in [5, 5.41) is 2.92. The number of hydrogen-bond donors (Lipinski definition) is 1. The molecule has 1 aromatic rings. The number of rotatable bonds is 2. The summed E-state index contributed by atoms with van der Waals surface area (Å²) < 4.78 is 10.3. The minimum atomic E-state index is -0.0250. The highest BCUT2D eigenvalue weighted by Gasteiger charge is 2.21. The van der Waals surface area contributed by atoms with E-state index in [9.17, 15) is 4.79 Å². The molecule has 0 saturated carbocycles. The Hall–Kier alpha value is -1.39. The van der Waals surface area contributed by atoms with Crippen LogP contribution in [0.4, 0.5) is 0 Å². The predicted octanol–water partition coefficient (Wildman–Crippen LogP) is 0.845. The zero-order valence-corrected chi connectivity index (χ0v) is 8.86. The van der Waals surface area contributed by atoms with E-state index in [1.54, 1.807) is 0 Å². The first-order valence-corrected chi connectivity index (χ1v) is 5.41. The van der Waals surface area contributed by atoms with E-state index in [0.29, 0.717) is 32.0 Å². The molecule has 0 bridgehead atoms. The smallest absolute Gasteiger partial charge is 0.251 e. The molecule has 4 nitrogen and oxygen atoms in total. The van der Waals surface area contributed by atoms with Crippen LogP contribution in [0, 0.1) is 0 Å². The van der Waals surface area contributed by atoms with E-state index >= 15 is 0 Å². The maximum Gasteiger partial charge on any atom is 0.251 e. The molecular formula is C12H13NO3. The number of nitrogens with one attached hydrogen (secondary N) is 1. The number of carbonyl (C=O) groups is 1. The van der Waals surface area contributed by atoms with Gasteiger partial charge in [-0.25, -0.2) is 0 Å². The van der Waals surface area contributed by atoms with Crippen molar-refractivity contribution in [1.82, 2.24) is 5.32 Å². The Kier molecular flexibility index (Phi) is 2.38. The van der Waals surface area contributed by atoms with Gasteiger partial charge in [0.25, 0.3) is 5.91 Å². The maximum atomic E-state index is 11.8. The van der Waals surface area contributed by atoms with Gasteiger partial charge >= 0.3 is 0 Å². The first-order valence-electron chi connectivity index (χ1n) is 5.41. The third kappa shape index (κ3) is 1.70. The molecule has 1 fully saturated rings. The molecule has 1 amide bonds. The molecule has 1 N–H and O–H groups in total. The van der Waals surface area contributed by atoms with Crippen molar-refractivity contribution in [3.63, 3.8) is 0 Å². The van der Waals surface area contributed by atoms with E-state index in [0.717, 1.165) is 5.56 Å². The largest absolute Gasteiger partial charge is 0.377 e. The van der Waals surface area contributed by atoms with Crippen molar-refractivity contribution in [1.29, 1.82) is 0 Å². The molecule has 2 heterocycles. The van der Waals surface area contributed by atoms with Crippen molar-refractivity contribution in [2.75, 3.05) is 13.2 Å². The van der Waals surface area contributed by atoms with Crippen molar-refractivity contribution in [2.45, 2.75) is 19.3 Å². The first-order chi connectivity index (χ1) is 7.83. The molecule has 2 aliphatic rings. The minimum Gasteiger partial charge on any atom is -0.377 e. The Balaban J connectivity index is 1.75. The summed E-state index contributed by atoms with van der Waals surface area (Å²) in [7, 11) is 0. The lowest BCUT2D eigenvalue weighted by molar-refractivity contribution is -0.00346. The Bertz CT molecular complexity index is 426. The molecule has 0 spiro atoms. The molecule has 0 radical (unpaired) electrons. The van der Waals surface area contributed by atoms with Gasteiger partial charge in [0.1, 0.15) is 0 Å². The fourth-order valence-electron chi connectivity index (χ4n) is 1.90. The van der Waals surface area contributed by atoms with Gasteiger partial charge < -0.3 is 14.8 Å². The van der Waals surface area contributed by atoms with Gasteiger partial charge in [0, 0.05) is 5.56 Å². The molecule has 4 heteroatoms. The summed E-state index contributed by atoms with van der Waals surface area (Å²) in [6.45, 7) is 2.52. The third-order valence-corrected chi connectivity index (χ3v) is 2.96. The van der Waals surface area contributed by atoms with Crippen LogP contribution < -0.4 is 5.32 Å². The topological polar surface area (TPSA) is 47.6 Å². The van der Waals surface area contributed by atoms with Gasteiger partial charge in [-0.05, 0) is 23.3 Å². The molecular weight excluding hydrogens is 206 g/mol. The van der Waals surface area contributed by atoms with E-state index in [4.69, 9.17) is 9.47 Å². The number of hydrogen-bond acceptors (Lipinski definition) is 3. The second-order valence-electron chi connectivity index (χ2n) is 4.18. The van der Waals surface area contributed by atoms with Crippen LogP contribution in [0.3, 0.4) is 0 Å². The summed E-state index contributed by atoms with van der Waals surface area (Å²) in [5.41, 5.74) is 3.01. The lowest BCUT2D eigenvalue weighted by atomic mass is 10.1. The number of carbonyl (C=O) groups excluding carboxylic acids is 1. The lowest BCUT2D eigenvalue weighted by Crippen LogP contribution is -2.48. The molecule has 1 saturated heterocycles. The van der Waals surface area contributed by atoms with Crippen molar-refractivity contribution >= 4 is 5.91 Å². The molecule has 0 unspecified atom stereocenters. The third-order valence-electron chi connectivity index (χ3n) is 2.96. The number of amides is 1. The molecule has 3 rings (SSSR count). The maximum absolute atomic E-state index is 11.8. The standard InChI is InChI=1S/C12H13NO3/c14-12(13-11-6-16-7-11)8-1-2-9-4-15-5-10(9)3-8/h1-3,11H,4-7H2,(H,13,14). The van der Waals surface area contributed by atoms with Gasteiger partial charge in [-0.2, -0.15) is 0 Å². The van der Waals surface area contributed by atoms with E-state index in [-0.39, 0.29) is 11.9 Å². The van der Waals surface area contributed by atoms with E-state index in [2.05, 4.69) is 5.32 Å². The predicted molar refractivity (Wildman–Crippen MR) is 57.0 cm³/mol. The Morgan fingerprint density at radius 1 is 1.19 bits per heavy atom. The zero-order chi connectivity index (χ0) is 11.0. The summed E-state index contributed by atoms with van der Waals surface area (Å²) in [6.07, 6.45) is 0. The summed E-state index contributed by atoms with van der Waals surface area (Å²) >= 11 is 0. The van der Waals surface area contributed by atoms with E-state index in [1.807, 2.05) is 18.2 Å². The number of ether oxygens (including phenoxy) is 2. The van der Waals surface area contributed by atoms with Crippen LogP contribution in [0.2, 0.25) is 0 Å². The second-order valence-corrected chi connectivity index (χ2v) is 4.18. The molecule has 16 heavy (non-hydrogen) atoms. The Labute approximate surface area is 93.5 Å². The van der Waals surface area contributed by atoms with Crippen LogP contribution in [-0.4, -0.2) is 25.2 Å². The van der Waals surface area contributed by atoms with Gasteiger partial charge in [0.15, 0.2) is 0 Å². The highest BCUT2D eigenvalue weighted by molar-refractivity contribution is 5.94. The van der Waals surface area contributed by atoms with Gasteiger partial charge in [0.05, 0.1) is 32.5 Å². The van der Waals surface area contributed by atoms with Crippen molar-refractivity contribution < 1.29 is 14.3 Å². The van der Waals surface area contributed by atoms with Crippen LogP contribution in [0.25, 0.3) is 0 Å². The summed E-state index contributed by atoms with van der Waals surface area (Å²) in [4.78, 5) is 11.8. The SMILES string of the molecule is O=C(NC1COC1)c1ccc2c(c1)COC2. The van der Waals surface area contributed by atoms with Crippen molar-refractivity contribution in [3.8, 4) is 0 Å². The quantitative estimate of drug-likeness (QED) is 0.802. The summed E-state index contributed by atoms with van der Waals surface area (Å²) in [5.74, 6) is -0.0250. The fourth-order valence-corrected chi connectivity index (χ4v) is 1.90. The monoisotopic (exact) mass is 219 g/mol. The van der Waals surface area contributed by atoms with Crippen LogP contribution in [0.15, 0.2) is 18.2 Å². The molecule has 0 aromatic heterocycles. The minimum absolute atomic E-state index is 0.0250. The number of benzene rings is 1. The van der Waals surface area contributed by atoms with Crippen LogP contribution >= 0.6 is 0 Å². The lowest BCUT2D eigenvalue weighted by Gasteiger charge is -2.26. The van der Waals surface area contributed by atoms with Gasteiger partial charge in [-0.1, -0.05) is 6.07 Å². The molecule has 1 aromatic carbocycles. The Morgan fingerprint density at radius 2 is 2.00 bits per heavy atom. The van der Waals surface area contributed by atoms with Crippen molar-refractivity contribution in [3.05, 3.63) is 34.9 Å². The molecule has 0 aliphatic carbocycles. The second kappa shape index (κ2) is 3.88. The highest BCUT2D eigenvalue weighted by atomic mass is 16.5. The fraction of sp³-hybridized carbons (Fsp3) is 0.417. The van der Waals surface area contributed by atoms with Crippen LogP contribution in [-0.2, 0) is 22.7 Å². The highest BCUT2D eigenvalue weighted by Crippen LogP contribution is 2.20. The van der Waals surface area contributed by atoms with Gasteiger partial charge in [-0.3, -0.25) is 4.79 Å². The zero-order valence-electron chi connectivity index (χ0n) is 8.86. The molecule has 2 aliphatic heterocycles. The van der Waals surface area contributed by atoms with Gasteiger partial charge in [-0.15, -0.1) is 0 Å². The molecule has 84 valence electrons. The van der Waals surface area contributed by atoms with Gasteiger partial charge in [0.2, 0.25) is 0 Å². The van der Waals surface area contributed by atoms with Crippen LogP contribution in [0.1, 0.15) is 21.5 Å². The normalized spacial score (nSPS) is 19.0. The average molecular weight is 219 g/mol.